The van der Waals surface area contributed by atoms with Crippen molar-refractivity contribution in [1.29, 1.82) is 0 Å². The average Bonchev–Trinajstić information content (AvgIpc) is 1.58. The number of hydrogen-bond acceptors (Lipinski definition) is 18. The Morgan fingerprint density at radius 1 is 0.403 bits per heavy atom. The molecule has 12 atom stereocenters. The molecule has 8 fully saturated rings. The molecular weight excluding hydrogens is 1700 g/mol. The van der Waals surface area contributed by atoms with Crippen molar-refractivity contribution in [1.82, 2.24) is 80.7 Å². The summed E-state index contributed by atoms with van der Waals surface area (Å²) in [5.41, 5.74) is 10.7. The Hall–Kier alpha value is -13.1. The van der Waals surface area contributed by atoms with Crippen LogP contribution in [0.4, 0.5) is 24.0 Å². The lowest BCUT2D eigenvalue weighted by molar-refractivity contribution is -0.142. The molecule has 0 radical (unpaired) electrons. The number of imidazole rings is 4. The highest BCUT2D eigenvalue weighted by atomic mass is 16.6. The summed E-state index contributed by atoms with van der Waals surface area (Å²) < 4.78 is 24.6. The lowest BCUT2D eigenvalue weighted by atomic mass is 9.85. The summed E-state index contributed by atoms with van der Waals surface area (Å²) in [5.74, 6) is 2.23. The second kappa shape index (κ2) is 37.4. The Bertz CT molecular complexity index is 6060. The van der Waals surface area contributed by atoms with Crippen LogP contribution in [0.15, 0.2) is 146 Å². The first kappa shape index (κ1) is 94.1. The SMILES string of the molecule is COC(=O)N[C@H](C(=O)N1CC2(CC2)C[C@H]1c1ncc(-c2ccc3cc(-c4ccc(-c5cnc([C@@H]6[C@H]7CC[C@H](C7)N6C(=O)OC(C)(C)C)[nH]5)cc4)ccc3c2)[nH]1)C(C)C.COC(=O)N[C@H](C(=O)N1CC2(CC2)C[C@H]1c1ncc(-c2ccc3cc(-c4ccc(-c5cnc([C@@H]6[C@H]7CC[C@H](C7)N6C(=O)[C@@H](NC(=O)OC)C(C)(C)C)[nH]5)cc4)ccc3c2)[nH]1)C(C)C.COC(=O)N[C@H](C(=O)O)C(C)(C)C. The highest BCUT2D eigenvalue weighted by Gasteiger charge is 2.58. The van der Waals surface area contributed by atoms with Crippen LogP contribution in [0.25, 0.3) is 88.8 Å². The Balaban J connectivity index is 0.000000172. The number of fused-ring (bicyclic) bond motifs is 6. The van der Waals surface area contributed by atoms with Crippen molar-refractivity contribution < 1.29 is 71.9 Å². The second-order valence-corrected chi connectivity index (χ2v) is 41.7. The molecule has 4 bridgehead atoms. The van der Waals surface area contributed by atoms with Crippen molar-refractivity contribution in [2.24, 2.45) is 45.3 Å². The molecule has 10 aromatic rings. The Labute approximate surface area is 780 Å². The molecule has 31 nitrogen and oxygen atoms in total. The molecule has 134 heavy (non-hydrogen) atoms. The van der Waals surface area contributed by atoms with Crippen molar-refractivity contribution in [3.05, 3.63) is 169 Å². The van der Waals surface area contributed by atoms with E-state index in [1.165, 1.54) is 28.4 Å². The van der Waals surface area contributed by atoms with E-state index in [0.29, 0.717) is 24.9 Å². The van der Waals surface area contributed by atoms with Crippen LogP contribution in [0.2, 0.25) is 0 Å². The molecule has 708 valence electrons. The molecule has 2 spiro atoms. The average molecular weight is 1830 g/mol. The Kier molecular flexibility index (Phi) is 26.3. The number of amides is 8. The molecule has 8 aliphatic rings. The summed E-state index contributed by atoms with van der Waals surface area (Å²) in [4.78, 5) is 154. The van der Waals surface area contributed by atoms with E-state index in [4.69, 9.17) is 44.0 Å². The van der Waals surface area contributed by atoms with Crippen LogP contribution < -0.4 is 21.3 Å². The first-order valence-electron chi connectivity index (χ1n) is 46.8. The zero-order valence-electron chi connectivity index (χ0n) is 79.6. The zero-order valence-corrected chi connectivity index (χ0v) is 79.6. The normalized spacial score (nSPS) is 21.4. The lowest BCUT2D eigenvalue weighted by Gasteiger charge is -2.40. The fourth-order valence-corrected chi connectivity index (χ4v) is 20.7. The van der Waals surface area contributed by atoms with Gasteiger partial charge in [0.25, 0.3) is 0 Å². The number of piperidine rings is 2. The zero-order chi connectivity index (χ0) is 95.5. The highest BCUT2D eigenvalue weighted by Crippen LogP contribution is 2.60. The summed E-state index contributed by atoms with van der Waals surface area (Å²) in [6.45, 7) is 25.8. The number of ether oxygens (including phenoxy) is 5. The van der Waals surface area contributed by atoms with Crippen LogP contribution in [-0.2, 0) is 42.9 Å². The molecule has 8 amide bonds. The molecule has 0 unspecified atom stereocenters. The minimum absolute atomic E-state index is 0.0961. The van der Waals surface area contributed by atoms with Crippen LogP contribution in [0.3, 0.4) is 0 Å². The number of carboxylic acids is 1. The number of likely N-dealkylation sites (tertiary alicyclic amines) is 4. The standard InChI is InChI=1S/C49H58N8O6.C46H53N7O5.C8H15NO4/c1-27(2)39(54-46(60)62-6)44(58)56-26-49(18-19-49)23-38(56)42-50-25-37(52-42)33-15-14-31-20-30(12-13-32(31)21-33)28-8-10-29(11-9-28)36-24-51-43(53-36)40-34-16-17-35(22-34)57(40)45(59)41(48(3,4)5)55-47(61)63-7;1-26(2)38(51-43(55)57-6)42(54)52-25-46(17-18-46)22-37(52)40-47-24-36(49-40)32-14-13-30-19-29(11-12-31(30)20-32)27-7-9-28(10-8-27)35-23-48-41(50-35)39-33-15-16-34(21-33)53(39)44(56)58-45(3,4)5;1-8(2,3)5(6(10)11)9-7(12)13-4/h8-15,20-21,24-25,27,34-35,38-41H,16-19,22-23,26H2,1-7H3,(H,50,52)(H,51,53)(H,54,60)(H,55,61);7-14,19-20,23-24,26,33-34,37-39H,15-18,21-22,25H2,1-6H3,(H,47,49)(H,48,50)(H,51,55);5H,1-4H3,(H,9,12)(H,10,11)/t34-,35+,38-,39-,40-,41+;33-,34+,37-,38-,39-;5-/m001/s1. The molecule has 9 N–H and O–H groups in total. The smallest absolute Gasteiger partial charge is 0.411 e. The van der Waals surface area contributed by atoms with Gasteiger partial charge in [-0.05, 0) is 222 Å². The van der Waals surface area contributed by atoms with Gasteiger partial charge in [-0.25, -0.2) is 48.7 Å². The molecular formula is C103H126N16O15. The Morgan fingerprint density at radius 2 is 0.724 bits per heavy atom. The maximum absolute atomic E-state index is 14.2. The van der Waals surface area contributed by atoms with E-state index >= 15 is 0 Å². The van der Waals surface area contributed by atoms with Gasteiger partial charge in [0.2, 0.25) is 17.7 Å². The van der Waals surface area contributed by atoms with Crippen LogP contribution >= 0.6 is 0 Å². The molecule has 4 aromatic heterocycles. The third-order valence-electron chi connectivity index (χ3n) is 28.4. The fourth-order valence-electron chi connectivity index (χ4n) is 20.7. The molecule has 4 saturated carbocycles. The quantitative estimate of drug-likeness (QED) is 0.0320. The number of benzene rings is 6. The maximum Gasteiger partial charge on any atom is 0.411 e. The molecule has 4 aliphatic carbocycles. The Morgan fingerprint density at radius 3 is 1.08 bits per heavy atom. The third-order valence-corrected chi connectivity index (χ3v) is 28.4. The number of carboxylic acid groups (broad SMARTS) is 1. The summed E-state index contributed by atoms with van der Waals surface area (Å²) in [6, 6.07) is 39.3. The van der Waals surface area contributed by atoms with Crippen LogP contribution in [0.5, 0.6) is 0 Å². The van der Waals surface area contributed by atoms with Crippen molar-refractivity contribution in [3.8, 4) is 67.3 Å². The largest absolute Gasteiger partial charge is 0.480 e. The van der Waals surface area contributed by atoms with Crippen LogP contribution in [-0.4, -0.2) is 202 Å². The highest BCUT2D eigenvalue weighted by molar-refractivity contribution is 5.94. The monoisotopic (exact) mass is 1830 g/mol. The second-order valence-electron chi connectivity index (χ2n) is 41.7. The predicted molar refractivity (Wildman–Crippen MR) is 507 cm³/mol. The number of rotatable bonds is 20. The van der Waals surface area contributed by atoms with Gasteiger partial charge in [-0.1, -0.05) is 166 Å². The van der Waals surface area contributed by atoms with Gasteiger partial charge in [-0.2, -0.15) is 0 Å². The lowest BCUT2D eigenvalue weighted by Crippen LogP contribution is -2.56. The van der Waals surface area contributed by atoms with Crippen molar-refractivity contribution in [2.45, 2.75) is 233 Å². The summed E-state index contributed by atoms with van der Waals surface area (Å²) >= 11 is 0. The number of alkyl carbamates (subject to hydrolysis) is 4. The predicted octanol–water partition coefficient (Wildman–Crippen LogP) is 18.6. The molecule has 6 aromatic carbocycles. The van der Waals surface area contributed by atoms with Gasteiger partial charge in [-0.15, -0.1) is 0 Å². The summed E-state index contributed by atoms with van der Waals surface area (Å²) in [7, 11) is 5.12. The fraction of sp³-hybridized carbons (Fsp3) is 0.485. The number of nitrogens with zero attached hydrogens (tertiary/aromatic N) is 8. The molecule has 4 aliphatic heterocycles. The topological polar surface area (TPSA) is 396 Å². The van der Waals surface area contributed by atoms with Crippen molar-refractivity contribution in [2.75, 3.05) is 41.5 Å². The minimum Gasteiger partial charge on any atom is -0.480 e. The first-order valence-corrected chi connectivity index (χ1v) is 46.8. The number of aromatic amines is 4. The number of carbonyl (C=O) groups excluding carboxylic acids is 8. The van der Waals surface area contributed by atoms with Gasteiger partial charge in [-0.3, -0.25) is 19.3 Å². The summed E-state index contributed by atoms with van der Waals surface area (Å²) in [6.07, 6.45) is 16.7. The maximum atomic E-state index is 14.2. The van der Waals surface area contributed by atoms with E-state index < -0.39 is 70.9 Å². The van der Waals surface area contributed by atoms with Crippen molar-refractivity contribution >= 4 is 75.7 Å². The van der Waals surface area contributed by atoms with Gasteiger partial charge >= 0.3 is 36.4 Å². The van der Waals surface area contributed by atoms with E-state index in [2.05, 4.69) is 167 Å². The molecule has 8 heterocycles. The number of hydrogen-bond donors (Lipinski definition) is 9. The van der Waals surface area contributed by atoms with Crippen LogP contribution in [0, 0.1) is 45.3 Å². The minimum atomic E-state index is -1.07. The van der Waals surface area contributed by atoms with E-state index in [1.807, 2.05) is 114 Å². The first-order chi connectivity index (χ1) is 63.7. The summed E-state index contributed by atoms with van der Waals surface area (Å²) in [5, 5.41) is 23.8. The van der Waals surface area contributed by atoms with E-state index in [0.717, 1.165) is 189 Å². The third kappa shape index (κ3) is 19.9. The number of carbonyl (C=O) groups is 9. The van der Waals surface area contributed by atoms with Gasteiger partial charge < -0.3 is 84.7 Å². The number of nitrogens with one attached hydrogen (secondary N) is 8. The van der Waals surface area contributed by atoms with E-state index in [9.17, 15) is 43.2 Å². The molecule has 18 rings (SSSR count). The number of methoxy groups -OCH3 is 4. The van der Waals surface area contributed by atoms with E-state index in [-0.39, 0.29) is 82.7 Å². The van der Waals surface area contributed by atoms with Crippen LogP contribution in [0.1, 0.15) is 215 Å². The van der Waals surface area contributed by atoms with E-state index in [1.54, 1.807) is 20.8 Å². The molecule has 4 saturated heterocycles. The molecule has 31 heteroatoms. The van der Waals surface area contributed by atoms with Gasteiger partial charge in [0, 0.05) is 36.3 Å². The van der Waals surface area contributed by atoms with Crippen molar-refractivity contribution in [3.63, 3.8) is 0 Å². The van der Waals surface area contributed by atoms with Gasteiger partial charge in [0.05, 0.1) is 100 Å². The van der Waals surface area contributed by atoms with Gasteiger partial charge in [0.15, 0.2) is 0 Å². The van der Waals surface area contributed by atoms with Gasteiger partial charge in [0.1, 0.15) is 53.1 Å². The number of aliphatic carboxylic acids is 1. The number of aromatic nitrogens is 8. The number of H-pyrrole nitrogens is 4.